The molecule has 0 radical (unpaired) electrons. The van der Waals surface area contributed by atoms with E-state index in [1.807, 2.05) is 27.0 Å². The summed E-state index contributed by atoms with van der Waals surface area (Å²) in [6.07, 6.45) is 3.85. The number of hydrogen-bond donors (Lipinski definition) is 1. The lowest BCUT2D eigenvalue weighted by molar-refractivity contribution is 0.0491. The van der Waals surface area contributed by atoms with Gasteiger partial charge in [-0.15, -0.1) is 0 Å². The number of aryl methyl sites for hydroxylation is 1. The normalized spacial score (nSPS) is 27.2. The maximum Gasteiger partial charge on any atom is 0.407 e. The standard InChI is InChI=1S/C18H30N4O2/c1-5-22-14(8-9-19-22)11-21-10-13-6-7-16(15(13)12-21)20-17(23)24-18(2,3)4/h8-9,13,15-16H,5-7,10-12H2,1-4H3,(H,20,23)/t13-,15+,16+/m0/s1. The molecule has 1 saturated heterocycles. The van der Waals surface area contributed by atoms with E-state index in [-0.39, 0.29) is 12.1 Å². The van der Waals surface area contributed by atoms with Gasteiger partial charge in [-0.1, -0.05) is 0 Å². The Morgan fingerprint density at radius 1 is 1.38 bits per heavy atom. The van der Waals surface area contributed by atoms with Crippen LogP contribution in [0.3, 0.4) is 0 Å². The summed E-state index contributed by atoms with van der Waals surface area (Å²) in [5.74, 6) is 1.22. The maximum absolute atomic E-state index is 12.1. The molecule has 0 bridgehead atoms. The Labute approximate surface area is 144 Å². The highest BCUT2D eigenvalue weighted by Gasteiger charge is 2.43. The fourth-order valence-electron chi connectivity index (χ4n) is 4.13. The second-order valence-electron chi connectivity index (χ2n) is 8.09. The minimum absolute atomic E-state index is 0.242. The van der Waals surface area contributed by atoms with Gasteiger partial charge < -0.3 is 10.1 Å². The molecule has 1 aromatic heterocycles. The lowest BCUT2D eigenvalue weighted by Crippen LogP contribution is -2.42. The van der Waals surface area contributed by atoms with Crippen molar-refractivity contribution in [3.8, 4) is 0 Å². The Morgan fingerprint density at radius 3 is 2.88 bits per heavy atom. The van der Waals surface area contributed by atoms with Gasteiger partial charge in [0.2, 0.25) is 0 Å². The van der Waals surface area contributed by atoms with Crippen molar-refractivity contribution in [1.82, 2.24) is 20.0 Å². The van der Waals surface area contributed by atoms with Crippen molar-refractivity contribution in [2.24, 2.45) is 11.8 Å². The van der Waals surface area contributed by atoms with E-state index in [1.165, 1.54) is 12.1 Å². The van der Waals surface area contributed by atoms with Gasteiger partial charge in [0.15, 0.2) is 0 Å². The number of likely N-dealkylation sites (tertiary alicyclic amines) is 1. The van der Waals surface area contributed by atoms with Crippen molar-refractivity contribution in [2.75, 3.05) is 13.1 Å². The highest BCUT2D eigenvalue weighted by atomic mass is 16.6. The number of rotatable bonds is 4. The second-order valence-corrected chi connectivity index (χ2v) is 8.09. The number of aromatic nitrogens is 2. The van der Waals surface area contributed by atoms with Crippen LogP contribution >= 0.6 is 0 Å². The molecule has 1 aliphatic carbocycles. The fraction of sp³-hybridized carbons (Fsp3) is 0.778. The van der Waals surface area contributed by atoms with Crippen LogP contribution in [0.2, 0.25) is 0 Å². The molecule has 0 unspecified atom stereocenters. The molecule has 1 aliphatic heterocycles. The van der Waals surface area contributed by atoms with Crippen LogP contribution < -0.4 is 5.32 Å². The van der Waals surface area contributed by atoms with Gasteiger partial charge in [0.05, 0.1) is 5.69 Å². The average molecular weight is 334 g/mol. The molecule has 2 fully saturated rings. The number of nitrogens with one attached hydrogen (secondary N) is 1. The summed E-state index contributed by atoms with van der Waals surface area (Å²) in [6, 6.07) is 2.35. The molecule has 2 aliphatic rings. The van der Waals surface area contributed by atoms with Crippen molar-refractivity contribution < 1.29 is 9.53 Å². The first kappa shape index (κ1) is 17.3. The van der Waals surface area contributed by atoms with Crippen LogP contribution in [0.4, 0.5) is 4.79 Å². The fourth-order valence-corrected chi connectivity index (χ4v) is 4.13. The number of carbonyl (C=O) groups excluding carboxylic acids is 1. The molecular formula is C18H30N4O2. The van der Waals surface area contributed by atoms with Crippen molar-refractivity contribution >= 4 is 6.09 Å². The molecular weight excluding hydrogens is 304 g/mol. The van der Waals surface area contributed by atoms with E-state index >= 15 is 0 Å². The third-order valence-electron chi connectivity index (χ3n) is 5.12. The minimum atomic E-state index is -0.442. The van der Waals surface area contributed by atoms with Gasteiger partial charge in [0.1, 0.15) is 5.60 Å². The molecule has 1 aromatic rings. The summed E-state index contributed by atoms with van der Waals surface area (Å²) in [5.41, 5.74) is 0.830. The van der Waals surface area contributed by atoms with E-state index < -0.39 is 5.60 Å². The molecule has 1 amide bonds. The highest BCUT2D eigenvalue weighted by molar-refractivity contribution is 5.68. The molecule has 0 aromatic carbocycles. The molecule has 1 N–H and O–H groups in total. The summed E-state index contributed by atoms with van der Waals surface area (Å²) in [5, 5.41) is 7.46. The Bertz CT molecular complexity index is 578. The summed E-state index contributed by atoms with van der Waals surface area (Å²) in [4.78, 5) is 14.6. The van der Waals surface area contributed by atoms with E-state index in [2.05, 4.69) is 33.0 Å². The van der Waals surface area contributed by atoms with Gasteiger partial charge in [0, 0.05) is 38.4 Å². The summed E-state index contributed by atoms with van der Waals surface area (Å²) < 4.78 is 7.48. The van der Waals surface area contributed by atoms with Gasteiger partial charge >= 0.3 is 6.09 Å². The average Bonchev–Trinajstić information content (AvgIpc) is 3.15. The van der Waals surface area contributed by atoms with E-state index in [1.54, 1.807) is 0 Å². The first-order valence-electron chi connectivity index (χ1n) is 9.08. The monoisotopic (exact) mass is 334 g/mol. The van der Waals surface area contributed by atoms with Crippen LogP contribution in [0.1, 0.15) is 46.2 Å². The molecule has 134 valence electrons. The lowest BCUT2D eigenvalue weighted by Gasteiger charge is -2.25. The van der Waals surface area contributed by atoms with Crippen LogP contribution in [0, 0.1) is 11.8 Å². The van der Waals surface area contributed by atoms with Gasteiger partial charge in [-0.05, 0) is 58.4 Å². The highest BCUT2D eigenvalue weighted by Crippen LogP contribution is 2.38. The zero-order valence-electron chi connectivity index (χ0n) is 15.3. The number of fused-ring (bicyclic) bond motifs is 1. The molecule has 2 heterocycles. The van der Waals surface area contributed by atoms with E-state index in [0.29, 0.717) is 11.8 Å². The quantitative estimate of drug-likeness (QED) is 0.919. The van der Waals surface area contributed by atoms with Crippen molar-refractivity contribution in [3.63, 3.8) is 0 Å². The predicted molar refractivity (Wildman–Crippen MR) is 92.5 cm³/mol. The van der Waals surface area contributed by atoms with Crippen LogP contribution in [0.15, 0.2) is 12.3 Å². The van der Waals surface area contributed by atoms with Crippen molar-refractivity contribution in [1.29, 1.82) is 0 Å². The molecule has 0 spiro atoms. The van der Waals surface area contributed by atoms with Crippen molar-refractivity contribution in [2.45, 2.75) is 65.3 Å². The van der Waals surface area contributed by atoms with Crippen molar-refractivity contribution in [3.05, 3.63) is 18.0 Å². The second kappa shape index (κ2) is 6.75. The van der Waals surface area contributed by atoms with Gasteiger partial charge in [-0.25, -0.2) is 4.79 Å². The number of amides is 1. The summed E-state index contributed by atoms with van der Waals surface area (Å²) in [7, 11) is 0. The number of hydrogen-bond acceptors (Lipinski definition) is 4. The van der Waals surface area contributed by atoms with Crippen LogP contribution in [0.5, 0.6) is 0 Å². The maximum atomic E-state index is 12.1. The summed E-state index contributed by atoms with van der Waals surface area (Å²) in [6.45, 7) is 11.8. The van der Waals surface area contributed by atoms with Gasteiger partial charge in [0.25, 0.3) is 0 Å². The van der Waals surface area contributed by atoms with Crippen LogP contribution in [0.25, 0.3) is 0 Å². The van der Waals surface area contributed by atoms with E-state index in [0.717, 1.165) is 32.6 Å². The van der Waals surface area contributed by atoms with Gasteiger partial charge in [-0.3, -0.25) is 9.58 Å². The first-order valence-corrected chi connectivity index (χ1v) is 9.08. The van der Waals surface area contributed by atoms with Crippen LogP contribution in [-0.4, -0.2) is 45.5 Å². The molecule has 6 nitrogen and oxygen atoms in total. The van der Waals surface area contributed by atoms with E-state index in [9.17, 15) is 4.79 Å². The number of nitrogens with zero attached hydrogens (tertiary/aromatic N) is 3. The SMILES string of the molecule is CCn1nccc1CN1C[C@@H]2CC[C@@H](NC(=O)OC(C)(C)C)[C@@H]2C1. The Morgan fingerprint density at radius 2 is 2.17 bits per heavy atom. The zero-order valence-corrected chi connectivity index (χ0v) is 15.3. The molecule has 3 rings (SSSR count). The molecule has 3 atom stereocenters. The number of ether oxygens (including phenoxy) is 1. The zero-order chi connectivity index (χ0) is 17.3. The first-order chi connectivity index (χ1) is 11.4. The molecule has 24 heavy (non-hydrogen) atoms. The Kier molecular flexibility index (Phi) is 4.85. The van der Waals surface area contributed by atoms with Crippen LogP contribution in [-0.2, 0) is 17.8 Å². The van der Waals surface area contributed by atoms with Gasteiger partial charge in [-0.2, -0.15) is 5.10 Å². The Hall–Kier alpha value is -1.56. The predicted octanol–water partition coefficient (Wildman–Crippen LogP) is 2.64. The topological polar surface area (TPSA) is 59.4 Å². The van der Waals surface area contributed by atoms with E-state index in [4.69, 9.17) is 4.74 Å². The number of alkyl carbamates (subject to hydrolysis) is 1. The Balaban J connectivity index is 1.55. The third-order valence-corrected chi connectivity index (χ3v) is 5.12. The largest absolute Gasteiger partial charge is 0.444 e. The lowest BCUT2D eigenvalue weighted by atomic mass is 9.98. The third kappa shape index (κ3) is 3.91. The minimum Gasteiger partial charge on any atom is -0.444 e. The molecule has 6 heteroatoms. The smallest absolute Gasteiger partial charge is 0.407 e. The molecule has 1 saturated carbocycles. The summed E-state index contributed by atoms with van der Waals surface area (Å²) >= 11 is 0. The number of carbonyl (C=O) groups is 1.